The molecule has 3 nitrogen and oxygen atoms in total. The van der Waals surface area contributed by atoms with Crippen molar-refractivity contribution >= 4 is 21.7 Å². The molecule has 0 radical (unpaired) electrons. The Morgan fingerprint density at radius 1 is 1.30 bits per heavy atom. The van der Waals surface area contributed by atoms with E-state index in [2.05, 4.69) is 21.0 Å². The minimum Gasteiger partial charge on any atom is -0.292 e. The molecule has 4 heteroatoms. The van der Waals surface area contributed by atoms with Crippen LogP contribution >= 0.6 is 15.9 Å². The van der Waals surface area contributed by atoms with Crippen LogP contribution in [0.1, 0.15) is 55.4 Å². The molecular weight excluding hydrogens is 316 g/mol. The molecule has 1 aromatic heterocycles. The van der Waals surface area contributed by atoms with Crippen LogP contribution in [0.5, 0.6) is 0 Å². The Labute approximate surface area is 128 Å². The molecule has 0 N–H and O–H groups in total. The van der Waals surface area contributed by atoms with Gasteiger partial charge in [0.15, 0.2) is 5.78 Å². The lowest BCUT2D eigenvalue weighted by atomic mass is 9.48. The summed E-state index contributed by atoms with van der Waals surface area (Å²) in [7, 11) is 1.86. The number of nitrogens with zero attached hydrogens (tertiary/aromatic N) is 2. The van der Waals surface area contributed by atoms with Crippen LogP contribution in [0.15, 0.2) is 10.7 Å². The number of halogens is 1. The Morgan fingerprint density at radius 3 is 2.30 bits per heavy atom. The smallest absolute Gasteiger partial charge is 0.182 e. The first-order valence-electron chi connectivity index (χ1n) is 7.75. The molecule has 0 saturated heterocycles. The second-order valence-corrected chi connectivity index (χ2v) is 8.34. The highest BCUT2D eigenvalue weighted by molar-refractivity contribution is 9.10. The zero-order valence-electron chi connectivity index (χ0n) is 11.9. The van der Waals surface area contributed by atoms with E-state index in [4.69, 9.17) is 0 Å². The average molecular weight is 337 g/mol. The van der Waals surface area contributed by atoms with E-state index in [0.29, 0.717) is 5.41 Å². The number of ketones is 1. The summed E-state index contributed by atoms with van der Waals surface area (Å²) < 4.78 is 2.56. The predicted octanol–water partition coefficient (Wildman–Crippen LogP) is 3.97. The molecule has 4 aliphatic rings. The van der Waals surface area contributed by atoms with Crippen molar-refractivity contribution in [2.45, 2.75) is 44.9 Å². The van der Waals surface area contributed by atoms with Crippen LogP contribution in [0.25, 0.3) is 0 Å². The van der Waals surface area contributed by atoms with E-state index in [0.717, 1.165) is 34.3 Å². The predicted molar refractivity (Wildman–Crippen MR) is 80.5 cm³/mol. The van der Waals surface area contributed by atoms with E-state index in [-0.39, 0.29) is 5.78 Å². The maximum atomic E-state index is 12.7. The Kier molecular flexibility index (Phi) is 2.89. The van der Waals surface area contributed by atoms with Crippen LogP contribution in [-0.4, -0.2) is 15.6 Å². The fourth-order valence-corrected chi connectivity index (χ4v) is 6.22. The van der Waals surface area contributed by atoms with Crippen LogP contribution in [0.2, 0.25) is 0 Å². The molecule has 1 aromatic rings. The first kappa shape index (κ1) is 13.1. The van der Waals surface area contributed by atoms with Crippen molar-refractivity contribution < 1.29 is 4.79 Å². The SMILES string of the molecule is Cn1ncc(Br)c1C(=O)CC12CC3CC(CC(C3)C1)C2. The number of hydrogen-bond donors (Lipinski definition) is 0. The van der Waals surface area contributed by atoms with Gasteiger partial charge in [0.25, 0.3) is 0 Å². The van der Waals surface area contributed by atoms with E-state index in [1.807, 2.05) is 7.05 Å². The van der Waals surface area contributed by atoms with Crippen molar-refractivity contribution in [1.29, 1.82) is 0 Å². The van der Waals surface area contributed by atoms with Gasteiger partial charge >= 0.3 is 0 Å². The summed E-state index contributed by atoms with van der Waals surface area (Å²) >= 11 is 3.46. The lowest BCUT2D eigenvalue weighted by molar-refractivity contribution is -0.0525. The van der Waals surface area contributed by atoms with Crippen LogP contribution in [0.4, 0.5) is 0 Å². The number of Topliss-reactive ketones (excluding diaryl/α,β-unsaturated/α-hetero) is 1. The summed E-state index contributed by atoms with van der Waals surface area (Å²) in [5, 5.41) is 4.18. The summed E-state index contributed by atoms with van der Waals surface area (Å²) in [5.74, 6) is 3.00. The topological polar surface area (TPSA) is 34.9 Å². The normalized spacial score (nSPS) is 38.4. The third kappa shape index (κ3) is 1.99. The van der Waals surface area contributed by atoms with Gasteiger partial charge in [-0.05, 0) is 77.6 Å². The monoisotopic (exact) mass is 336 g/mol. The molecule has 0 atom stereocenters. The molecule has 0 unspecified atom stereocenters. The van der Waals surface area contributed by atoms with Gasteiger partial charge in [-0.1, -0.05) is 0 Å². The van der Waals surface area contributed by atoms with Gasteiger partial charge < -0.3 is 0 Å². The summed E-state index contributed by atoms with van der Waals surface area (Å²) in [4.78, 5) is 12.7. The first-order valence-corrected chi connectivity index (χ1v) is 8.55. The molecule has 0 aliphatic heterocycles. The van der Waals surface area contributed by atoms with Crippen molar-refractivity contribution in [3.05, 3.63) is 16.4 Å². The van der Waals surface area contributed by atoms with Crippen LogP contribution in [0, 0.1) is 23.2 Å². The maximum absolute atomic E-state index is 12.7. The molecule has 0 spiro atoms. The summed E-state index contributed by atoms with van der Waals surface area (Å²) in [6, 6.07) is 0. The highest BCUT2D eigenvalue weighted by atomic mass is 79.9. The molecular formula is C16H21BrN2O. The van der Waals surface area contributed by atoms with Crippen molar-refractivity contribution in [2.24, 2.45) is 30.2 Å². The average Bonchev–Trinajstić information content (AvgIpc) is 2.66. The molecule has 5 rings (SSSR count). The minimum atomic E-state index is 0.277. The van der Waals surface area contributed by atoms with Crippen molar-refractivity contribution in [3.63, 3.8) is 0 Å². The summed E-state index contributed by atoms with van der Waals surface area (Å²) in [6.45, 7) is 0. The highest BCUT2D eigenvalue weighted by Gasteiger charge is 2.51. The van der Waals surface area contributed by atoms with Crippen LogP contribution < -0.4 is 0 Å². The lowest BCUT2D eigenvalue weighted by Crippen LogP contribution is -2.47. The molecule has 1 heterocycles. The quantitative estimate of drug-likeness (QED) is 0.782. The highest BCUT2D eigenvalue weighted by Crippen LogP contribution is 2.61. The lowest BCUT2D eigenvalue weighted by Gasteiger charge is -2.56. The summed E-state index contributed by atoms with van der Waals surface area (Å²) in [5.41, 5.74) is 1.07. The fraction of sp³-hybridized carbons (Fsp3) is 0.750. The fourth-order valence-electron chi connectivity index (χ4n) is 5.66. The Bertz CT molecular complexity index is 508. The van der Waals surface area contributed by atoms with Gasteiger partial charge in [0, 0.05) is 13.5 Å². The number of hydrogen-bond acceptors (Lipinski definition) is 2. The van der Waals surface area contributed by atoms with E-state index >= 15 is 0 Å². The van der Waals surface area contributed by atoms with Crippen LogP contribution in [-0.2, 0) is 7.05 Å². The van der Waals surface area contributed by atoms with Gasteiger partial charge in [-0.15, -0.1) is 0 Å². The maximum Gasteiger partial charge on any atom is 0.182 e. The van der Waals surface area contributed by atoms with E-state index in [9.17, 15) is 4.79 Å². The summed E-state index contributed by atoms with van der Waals surface area (Å²) in [6.07, 6.45) is 10.6. The molecule has 4 aliphatic carbocycles. The second kappa shape index (κ2) is 4.43. The number of rotatable bonds is 3. The molecule has 0 aromatic carbocycles. The molecule has 4 saturated carbocycles. The van der Waals surface area contributed by atoms with Gasteiger partial charge in [-0.3, -0.25) is 9.48 Å². The van der Waals surface area contributed by atoms with Crippen molar-refractivity contribution in [1.82, 2.24) is 9.78 Å². The molecule has 4 fully saturated rings. The first-order chi connectivity index (χ1) is 9.55. The molecule has 0 amide bonds. The van der Waals surface area contributed by atoms with Gasteiger partial charge in [-0.25, -0.2) is 0 Å². The number of aryl methyl sites for hydroxylation is 1. The van der Waals surface area contributed by atoms with Gasteiger partial charge in [0.05, 0.1) is 10.7 Å². The number of carbonyl (C=O) groups excluding carboxylic acids is 1. The van der Waals surface area contributed by atoms with Crippen molar-refractivity contribution in [2.75, 3.05) is 0 Å². The van der Waals surface area contributed by atoms with E-state index < -0.39 is 0 Å². The standard InChI is InChI=1S/C16H21BrN2O/c1-19-15(13(17)9-18-19)14(20)8-16-5-10-2-11(6-16)4-12(3-10)7-16/h9-12H,2-8H2,1H3. The Balaban J connectivity index is 1.58. The van der Waals surface area contributed by atoms with E-state index in [1.54, 1.807) is 10.9 Å². The Morgan fingerprint density at radius 2 is 1.85 bits per heavy atom. The number of carbonyl (C=O) groups is 1. The van der Waals surface area contributed by atoms with Crippen molar-refractivity contribution in [3.8, 4) is 0 Å². The molecule has 108 valence electrons. The van der Waals surface area contributed by atoms with Gasteiger partial charge in [-0.2, -0.15) is 5.10 Å². The molecule has 20 heavy (non-hydrogen) atoms. The minimum absolute atomic E-state index is 0.277. The zero-order valence-corrected chi connectivity index (χ0v) is 13.5. The number of aromatic nitrogens is 2. The third-order valence-electron chi connectivity index (χ3n) is 5.86. The zero-order chi connectivity index (χ0) is 13.9. The van der Waals surface area contributed by atoms with Crippen LogP contribution in [0.3, 0.4) is 0 Å². The van der Waals surface area contributed by atoms with Gasteiger partial charge in [0.2, 0.25) is 0 Å². The largest absolute Gasteiger partial charge is 0.292 e. The van der Waals surface area contributed by atoms with Gasteiger partial charge in [0.1, 0.15) is 5.69 Å². The van der Waals surface area contributed by atoms with E-state index in [1.165, 1.54) is 38.5 Å². The third-order valence-corrected chi connectivity index (χ3v) is 6.44. The molecule has 4 bridgehead atoms. The Hall–Kier alpha value is -0.640. The second-order valence-electron chi connectivity index (χ2n) is 7.48.